The summed E-state index contributed by atoms with van der Waals surface area (Å²) < 4.78 is 156. The summed E-state index contributed by atoms with van der Waals surface area (Å²) in [7, 11) is -19.6. The van der Waals surface area contributed by atoms with Gasteiger partial charge in [0.05, 0.1) is 142 Å². The van der Waals surface area contributed by atoms with Gasteiger partial charge in [-0.05, 0) is 90.9 Å². The Labute approximate surface area is 652 Å². The van der Waals surface area contributed by atoms with Crippen LogP contribution in [0.3, 0.4) is 0 Å². The van der Waals surface area contributed by atoms with Gasteiger partial charge in [-0.15, -0.1) is 0 Å². The summed E-state index contributed by atoms with van der Waals surface area (Å²) in [6.45, 7) is 4.18. The highest BCUT2D eigenvalue weighted by Gasteiger charge is 2.46. The summed E-state index contributed by atoms with van der Waals surface area (Å²) >= 11 is 0. The molecule has 0 bridgehead atoms. The van der Waals surface area contributed by atoms with Crippen molar-refractivity contribution in [1.29, 1.82) is 0 Å². The van der Waals surface area contributed by atoms with E-state index in [0.717, 1.165) is 0 Å². The first-order chi connectivity index (χ1) is 52.8. The molecule has 111 heavy (non-hydrogen) atoms. The van der Waals surface area contributed by atoms with E-state index >= 15 is 0 Å². The van der Waals surface area contributed by atoms with E-state index in [4.69, 9.17) is 88.3 Å². The van der Waals surface area contributed by atoms with E-state index in [-0.39, 0.29) is 142 Å². The average molecular weight is 1690 g/mol. The number of nitrogens with one attached hydrogen (secondary N) is 1. The highest BCUT2D eigenvalue weighted by atomic mass is 31.2. The number of unbranched alkanes of at least 4 members (excludes halogenated alkanes) is 9. The lowest BCUT2D eigenvalue weighted by Crippen LogP contribution is -2.64. The van der Waals surface area contributed by atoms with Crippen LogP contribution in [0, 0.1) is 29.1 Å². The zero-order valence-corrected chi connectivity index (χ0v) is 68.7. The van der Waals surface area contributed by atoms with E-state index in [9.17, 15) is 93.7 Å². The van der Waals surface area contributed by atoms with Crippen molar-refractivity contribution >= 4 is 37.2 Å². The Kier molecular flexibility index (Phi) is 55.3. The maximum atomic E-state index is 13.4. The molecule has 0 aromatic heterocycles. The van der Waals surface area contributed by atoms with Gasteiger partial charge in [0.25, 0.3) is 31.3 Å². The number of aliphatic hydroxyl groups is 10. The van der Waals surface area contributed by atoms with Crippen LogP contribution in [0.15, 0.2) is 0 Å². The second-order valence-electron chi connectivity index (χ2n) is 28.3. The third-order valence-corrected chi connectivity index (χ3v) is 22.2. The smallest absolute Gasteiger partial charge is 0.267 e. The molecular weight excluding hydrogens is 1560 g/mol. The Balaban J connectivity index is 1.61. The van der Waals surface area contributed by atoms with Crippen molar-refractivity contribution in [1.82, 2.24) is 5.32 Å². The molecule has 1 aliphatic carbocycles. The molecule has 1 saturated carbocycles. The fraction of sp³-hybridized carbons (Fsp3) is 0.985. The molecule has 21 atom stereocenters. The standard InChI is InChI=1S/C68H135NO38P4/c1-50(2)94-31-18-23-89-44-54(40-70)45-90-24-19-35-104-111(87,88)105-49-68(46-91-25-20-36-101-108(81,82)98-32-15-9-6-12-28-95-56-39-55(41-71)62(77)60(75)51(56)3,47-92-26-21-37-102-109(83,84)99-33-16-10-7-13-29-96-66-52(4)61(76)63(78)57(42-72)106-66)48-93-27-22-38-103-110(85,86)100-34-17-11-8-14-30-97-67-59(69-53(5)74)65(80)64(79)58(43-73)107-67/h50-52,54-67,70-73,75-80H,6-49H2,1-5H3,(H,69,74)(H,81,82)(H,83,84)(H,85,86)(H,87,88)/p-4/t51?,52?,54?,55?,56-,57?,58?,59?,60-,61-,62+,63+,64+,65-,66-,67-,68?/m1/s1. The minimum Gasteiger partial charge on any atom is -0.756 e. The quantitative estimate of drug-likeness (QED) is 0.0292. The molecule has 12 unspecified atom stereocenters. The van der Waals surface area contributed by atoms with Gasteiger partial charge in [-0.1, -0.05) is 52.4 Å². The molecule has 3 rings (SSSR count). The summed E-state index contributed by atoms with van der Waals surface area (Å²) in [4.78, 5) is 63.4. The number of carbonyl (C=O) groups is 1. The zero-order chi connectivity index (χ0) is 82.1. The van der Waals surface area contributed by atoms with Crippen LogP contribution in [0.1, 0.15) is 150 Å². The molecule has 3 fully saturated rings. The number of amides is 1. The van der Waals surface area contributed by atoms with Crippen molar-refractivity contribution in [2.24, 2.45) is 29.1 Å². The second kappa shape index (κ2) is 58.9. The summed E-state index contributed by atoms with van der Waals surface area (Å²) in [6, 6.07) is -1.11. The Hall–Kier alpha value is -0.930. The lowest BCUT2D eigenvalue weighted by atomic mass is 9.77. The molecule has 3 aliphatic rings. The molecule has 0 aromatic carbocycles. The van der Waals surface area contributed by atoms with Crippen molar-refractivity contribution in [3.05, 3.63) is 0 Å². The number of aliphatic hydroxyl groups excluding tert-OH is 10. The number of carbonyl (C=O) groups excluding carboxylic acids is 1. The molecule has 0 spiro atoms. The van der Waals surface area contributed by atoms with Crippen LogP contribution in [0.4, 0.5) is 0 Å². The Morgan fingerprint density at radius 3 is 1.19 bits per heavy atom. The number of ether oxygens (including phenoxy) is 11. The molecule has 43 heteroatoms. The average Bonchev–Trinajstić information content (AvgIpc) is 0.840. The van der Waals surface area contributed by atoms with Gasteiger partial charge in [0.1, 0.15) is 36.6 Å². The minimum absolute atomic E-state index is 0.0331. The first-order valence-electron chi connectivity index (χ1n) is 38.7. The van der Waals surface area contributed by atoms with Crippen molar-refractivity contribution in [2.75, 3.05) is 172 Å². The van der Waals surface area contributed by atoms with Crippen LogP contribution >= 0.6 is 31.3 Å². The number of hydrogen-bond acceptors (Lipinski definition) is 38. The Morgan fingerprint density at radius 2 is 0.784 bits per heavy atom. The first kappa shape index (κ1) is 104. The molecule has 1 amide bonds. The molecular formula is C68H131NO38P4-4. The summed E-state index contributed by atoms with van der Waals surface area (Å²) in [5.41, 5.74) is -1.55. The normalized spacial score (nSPS) is 27.6. The number of rotatable bonds is 70. The molecule has 660 valence electrons. The SMILES string of the molecule is CC(=O)NC1[C@H](OCCCCCCOP(=O)([O-])OCCCOCC(COCCCOP(=O)([O-])OCCCCCCO[C@@H]2OC(CO)[C@H](O)[C@H](O)C2C)(COCCCOP(=O)([O-])OCCCCCCO[C@@H]2CC(CO)[C@H](O)[C@H](O)C2C)COP(=O)([O-])OCCCOCC(CO)COCCCOC(C)C)OC(CO)[C@H](O)[C@@H]1O. The van der Waals surface area contributed by atoms with Gasteiger partial charge < -0.3 is 164 Å². The van der Waals surface area contributed by atoms with E-state index in [1.165, 1.54) is 6.92 Å². The van der Waals surface area contributed by atoms with Gasteiger partial charge in [0.2, 0.25) is 5.91 Å². The molecule has 2 heterocycles. The van der Waals surface area contributed by atoms with E-state index in [0.29, 0.717) is 110 Å². The van der Waals surface area contributed by atoms with Crippen LogP contribution in [0.25, 0.3) is 0 Å². The third kappa shape index (κ3) is 45.3. The van der Waals surface area contributed by atoms with E-state index in [2.05, 4.69) is 5.32 Å². The number of phosphoric acid groups is 4. The lowest BCUT2D eigenvalue weighted by molar-refractivity contribution is -0.282. The zero-order valence-electron chi connectivity index (χ0n) is 65.1. The summed E-state index contributed by atoms with van der Waals surface area (Å²) in [6.07, 6.45) is -4.76. The van der Waals surface area contributed by atoms with Crippen LogP contribution in [-0.2, 0) is 111 Å². The van der Waals surface area contributed by atoms with Gasteiger partial charge in [0, 0.05) is 96.7 Å². The Bertz CT molecular complexity index is 2480. The Morgan fingerprint density at radius 1 is 0.423 bits per heavy atom. The number of phosphoric ester groups is 4. The van der Waals surface area contributed by atoms with Crippen molar-refractivity contribution < 1.29 is 182 Å². The topological polar surface area (TPSA) is 567 Å². The molecule has 0 aromatic rings. The fourth-order valence-electron chi connectivity index (χ4n) is 11.7. The lowest BCUT2D eigenvalue weighted by Gasteiger charge is -2.42. The van der Waals surface area contributed by atoms with Gasteiger partial charge in [-0.25, -0.2) is 0 Å². The molecule has 2 aliphatic heterocycles. The molecule has 2 saturated heterocycles. The van der Waals surface area contributed by atoms with Gasteiger partial charge in [-0.2, -0.15) is 0 Å². The highest BCUT2D eigenvalue weighted by Crippen LogP contribution is 2.43. The van der Waals surface area contributed by atoms with Crippen LogP contribution in [0.2, 0.25) is 0 Å². The fourth-order valence-corrected chi connectivity index (χ4v) is 14.9. The monoisotopic (exact) mass is 1690 g/mol. The number of hydrogen-bond donors (Lipinski definition) is 11. The molecule has 0 radical (unpaired) electrons. The molecule has 11 N–H and O–H groups in total. The van der Waals surface area contributed by atoms with E-state index < -0.39 is 181 Å². The van der Waals surface area contributed by atoms with Gasteiger partial charge in [0.15, 0.2) is 12.6 Å². The predicted octanol–water partition coefficient (Wildman–Crippen LogP) is 0.535. The van der Waals surface area contributed by atoms with Gasteiger partial charge in [-0.3, -0.25) is 23.1 Å². The van der Waals surface area contributed by atoms with E-state index in [1.54, 1.807) is 13.8 Å². The maximum Gasteiger partial charge on any atom is 0.267 e. The van der Waals surface area contributed by atoms with Crippen LogP contribution in [0.5, 0.6) is 0 Å². The van der Waals surface area contributed by atoms with Crippen molar-refractivity contribution in [3.8, 4) is 0 Å². The van der Waals surface area contributed by atoms with Crippen molar-refractivity contribution in [3.63, 3.8) is 0 Å². The van der Waals surface area contributed by atoms with Crippen LogP contribution < -0.4 is 24.9 Å². The third-order valence-electron chi connectivity index (χ3n) is 18.3. The predicted molar refractivity (Wildman–Crippen MR) is 385 cm³/mol. The largest absolute Gasteiger partial charge is 0.756 e. The van der Waals surface area contributed by atoms with Gasteiger partial charge >= 0.3 is 0 Å². The molecule has 39 nitrogen and oxygen atoms in total. The first-order valence-corrected chi connectivity index (χ1v) is 44.5. The minimum atomic E-state index is -5.15. The van der Waals surface area contributed by atoms with Crippen LogP contribution in [-0.4, -0.2) is 308 Å². The van der Waals surface area contributed by atoms with E-state index in [1.807, 2.05) is 13.8 Å². The second-order valence-corrected chi connectivity index (χ2v) is 34.0. The summed E-state index contributed by atoms with van der Waals surface area (Å²) in [5, 5.41) is 103. The summed E-state index contributed by atoms with van der Waals surface area (Å²) in [5.74, 6) is -2.25. The van der Waals surface area contributed by atoms with Crippen molar-refractivity contribution in [2.45, 2.75) is 230 Å². The maximum absolute atomic E-state index is 13.4. The highest BCUT2D eigenvalue weighted by molar-refractivity contribution is 7.46.